The number of hydrogen-bond donors (Lipinski definition) is 0. The highest BCUT2D eigenvalue weighted by Gasteiger charge is 2.31. The molecule has 1 heterocycles. The first-order valence-electron chi connectivity index (χ1n) is 7.19. The first-order chi connectivity index (χ1) is 9.50. The molecular formula is C15H22ClNO2S. The quantitative estimate of drug-likeness (QED) is 0.809. The average molecular weight is 316 g/mol. The van der Waals surface area contributed by atoms with E-state index < -0.39 is 9.84 Å². The summed E-state index contributed by atoms with van der Waals surface area (Å²) in [6, 6.07) is 7.98. The fourth-order valence-electron chi connectivity index (χ4n) is 2.69. The van der Waals surface area contributed by atoms with E-state index in [4.69, 9.17) is 11.6 Å². The van der Waals surface area contributed by atoms with E-state index in [1.165, 1.54) is 0 Å². The first kappa shape index (κ1) is 15.8. The summed E-state index contributed by atoms with van der Waals surface area (Å²) < 4.78 is 23.4. The minimum atomic E-state index is -2.83. The molecular weight excluding hydrogens is 294 g/mol. The number of nitrogens with zero attached hydrogens (tertiary/aromatic N) is 1. The van der Waals surface area contributed by atoms with Gasteiger partial charge in [-0.2, -0.15) is 0 Å². The zero-order chi connectivity index (χ0) is 14.6. The second-order valence-electron chi connectivity index (χ2n) is 5.51. The largest absolute Gasteiger partial charge is 0.295 e. The summed E-state index contributed by atoms with van der Waals surface area (Å²) in [6.07, 6.45) is 2.97. The lowest BCUT2D eigenvalue weighted by molar-refractivity contribution is 0.200. The lowest BCUT2D eigenvalue weighted by atomic mass is 10.1. The van der Waals surface area contributed by atoms with Crippen molar-refractivity contribution in [1.82, 2.24) is 4.90 Å². The van der Waals surface area contributed by atoms with Gasteiger partial charge in [0.15, 0.2) is 9.84 Å². The molecule has 1 aliphatic rings. The molecule has 3 nitrogen and oxygen atoms in total. The van der Waals surface area contributed by atoms with Crippen LogP contribution in [0, 0.1) is 0 Å². The topological polar surface area (TPSA) is 37.4 Å². The molecule has 1 aliphatic heterocycles. The Balaban J connectivity index is 2.07. The Kier molecular flexibility index (Phi) is 5.47. The van der Waals surface area contributed by atoms with Crippen LogP contribution in [0.5, 0.6) is 0 Å². The maximum absolute atomic E-state index is 11.7. The summed E-state index contributed by atoms with van der Waals surface area (Å²) in [5.41, 5.74) is 1.15. The van der Waals surface area contributed by atoms with E-state index in [9.17, 15) is 8.42 Å². The molecule has 0 spiro atoms. The van der Waals surface area contributed by atoms with E-state index >= 15 is 0 Å². The second-order valence-corrected chi connectivity index (χ2v) is 8.18. The van der Waals surface area contributed by atoms with E-state index in [0.717, 1.165) is 42.9 Å². The van der Waals surface area contributed by atoms with Crippen LogP contribution in [-0.2, 0) is 16.4 Å². The van der Waals surface area contributed by atoms with Crippen molar-refractivity contribution in [3.05, 3.63) is 34.9 Å². The van der Waals surface area contributed by atoms with Crippen LogP contribution in [-0.4, -0.2) is 37.4 Å². The molecule has 2 rings (SSSR count). The predicted octanol–water partition coefficient (Wildman–Crippen LogP) is 3.13. The average Bonchev–Trinajstić information content (AvgIpc) is 2.75. The van der Waals surface area contributed by atoms with Crippen molar-refractivity contribution < 1.29 is 8.42 Å². The second kappa shape index (κ2) is 6.92. The molecule has 1 fully saturated rings. The highest BCUT2D eigenvalue weighted by atomic mass is 35.5. The van der Waals surface area contributed by atoms with Crippen molar-refractivity contribution in [1.29, 1.82) is 0 Å². The van der Waals surface area contributed by atoms with Gasteiger partial charge in [0, 0.05) is 17.6 Å². The van der Waals surface area contributed by atoms with E-state index in [2.05, 4.69) is 11.8 Å². The molecule has 0 unspecified atom stereocenters. The monoisotopic (exact) mass is 315 g/mol. The van der Waals surface area contributed by atoms with E-state index in [1.54, 1.807) is 0 Å². The third-order valence-electron chi connectivity index (χ3n) is 3.80. The molecule has 1 aromatic rings. The van der Waals surface area contributed by atoms with Crippen LogP contribution < -0.4 is 0 Å². The van der Waals surface area contributed by atoms with Gasteiger partial charge < -0.3 is 0 Å². The summed E-state index contributed by atoms with van der Waals surface area (Å²) in [4.78, 5) is 2.31. The highest BCUT2D eigenvalue weighted by molar-refractivity contribution is 7.91. The van der Waals surface area contributed by atoms with Crippen LogP contribution in [0.25, 0.3) is 0 Å². The Labute approximate surface area is 126 Å². The highest BCUT2D eigenvalue weighted by Crippen LogP contribution is 2.21. The van der Waals surface area contributed by atoms with Crippen molar-refractivity contribution in [3.8, 4) is 0 Å². The van der Waals surface area contributed by atoms with Crippen LogP contribution in [0.2, 0.25) is 5.02 Å². The van der Waals surface area contributed by atoms with Crippen molar-refractivity contribution in [2.75, 3.05) is 18.1 Å². The van der Waals surface area contributed by atoms with E-state index in [0.29, 0.717) is 11.5 Å². The summed E-state index contributed by atoms with van der Waals surface area (Å²) in [6.45, 7) is 3.88. The molecule has 112 valence electrons. The third-order valence-corrected chi connectivity index (χ3v) is 5.78. The van der Waals surface area contributed by atoms with E-state index in [1.807, 2.05) is 24.3 Å². The molecule has 5 heteroatoms. The fourth-order valence-corrected chi connectivity index (χ4v) is 4.66. The van der Waals surface area contributed by atoms with Gasteiger partial charge in [-0.1, -0.05) is 37.1 Å². The Bertz CT molecular complexity index is 545. The molecule has 1 atom stereocenters. The molecule has 0 radical (unpaired) electrons. The van der Waals surface area contributed by atoms with Crippen molar-refractivity contribution in [2.45, 2.75) is 38.8 Å². The molecule has 0 amide bonds. The van der Waals surface area contributed by atoms with Crippen LogP contribution in [0.4, 0.5) is 0 Å². The van der Waals surface area contributed by atoms with Gasteiger partial charge in [-0.05, 0) is 37.1 Å². The number of halogens is 1. The molecule has 0 bridgehead atoms. The summed E-state index contributed by atoms with van der Waals surface area (Å²) in [5, 5.41) is 0.733. The Morgan fingerprint density at radius 2 is 2.20 bits per heavy atom. The number of sulfone groups is 1. The maximum atomic E-state index is 11.7. The van der Waals surface area contributed by atoms with Gasteiger partial charge in [0.1, 0.15) is 0 Å². The number of hydrogen-bond acceptors (Lipinski definition) is 3. The Morgan fingerprint density at radius 1 is 1.40 bits per heavy atom. The minimum Gasteiger partial charge on any atom is -0.295 e. The lowest BCUT2D eigenvalue weighted by Gasteiger charge is -2.28. The molecule has 1 aromatic carbocycles. The lowest BCUT2D eigenvalue weighted by Crippen LogP contribution is -2.36. The van der Waals surface area contributed by atoms with Crippen LogP contribution in [0.1, 0.15) is 31.7 Å². The van der Waals surface area contributed by atoms with Crippen LogP contribution in [0.3, 0.4) is 0 Å². The number of unbranched alkanes of at least 4 members (excludes halogenated alkanes) is 1. The summed E-state index contributed by atoms with van der Waals surface area (Å²) in [7, 11) is -2.83. The third kappa shape index (κ3) is 4.47. The van der Waals surface area contributed by atoms with Gasteiger partial charge in [0.25, 0.3) is 0 Å². The molecule has 0 aliphatic carbocycles. The van der Waals surface area contributed by atoms with Gasteiger partial charge in [-0.15, -0.1) is 0 Å². The van der Waals surface area contributed by atoms with Gasteiger partial charge in [0.2, 0.25) is 0 Å². The Hall–Kier alpha value is -0.580. The molecule has 0 aromatic heterocycles. The first-order valence-corrected chi connectivity index (χ1v) is 9.39. The molecule has 20 heavy (non-hydrogen) atoms. The van der Waals surface area contributed by atoms with Gasteiger partial charge in [0.05, 0.1) is 11.5 Å². The molecule has 0 N–H and O–H groups in total. The van der Waals surface area contributed by atoms with Crippen LogP contribution >= 0.6 is 11.6 Å². The summed E-state index contributed by atoms with van der Waals surface area (Å²) in [5.74, 6) is 0.632. The standard InChI is InChI=1S/C15H22ClNO2S/c1-2-3-8-17(15-7-9-20(18,19)12-15)11-13-5-4-6-14(16)10-13/h4-6,10,15H,2-3,7-9,11-12H2,1H3/t15-/m0/s1. The SMILES string of the molecule is CCCCN(Cc1cccc(Cl)c1)[C@H]1CCS(=O)(=O)C1. The smallest absolute Gasteiger partial charge is 0.151 e. The minimum absolute atomic E-state index is 0.158. The normalized spacial score (nSPS) is 21.4. The zero-order valence-electron chi connectivity index (χ0n) is 11.9. The molecule has 1 saturated heterocycles. The summed E-state index contributed by atoms with van der Waals surface area (Å²) >= 11 is 6.02. The van der Waals surface area contributed by atoms with Crippen molar-refractivity contribution >= 4 is 21.4 Å². The number of rotatable bonds is 6. The molecule has 0 saturated carbocycles. The van der Waals surface area contributed by atoms with Crippen LogP contribution in [0.15, 0.2) is 24.3 Å². The zero-order valence-corrected chi connectivity index (χ0v) is 13.5. The van der Waals surface area contributed by atoms with Gasteiger partial charge in [-0.25, -0.2) is 8.42 Å². The Morgan fingerprint density at radius 3 is 2.80 bits per heavy atom. The van der Waals surface area contributed by atoms with Gasteiger partial charge in [-0.3, -0.25) is 4.90 Å². The maximum Gasteiger partial charge on any atom is 0.151 e. The fraction of sp³-hybridized carbons (Fsp3) is 0.600. The van der Waals surface area contributed by atoms with Crippen molar-refractivity contribution in [3.63, 3.8) is 0 Å². The number of benzene rings is 1. The predicted molar refractivity (Wildman–Crippen MR) is 83.8 cm³/mol. The van der Waals surface area contributed by atoms with E-state index in [-0.39, 0.29) is 6.04 Å². The van der Waals surface area contributed by atoms with Gasteiger partial charge >= 0.3 is 0 Å². The van der Waals surface area contributed by atoms with Crippen molar-refractivity contribution in [2.24, 2.45) is 0 Å².